The number of benzene rings is 1. The van der Waals surface area contributed by atoms with E-state index < -0.39 is 30.2 Å². The lowest BCUT2D eigenvalue weighted by molar-refractivity contribution is -0.138. The molecule has 1 aromatic rings. The Labute approximate surface area is 209 Å². The number of aliphatic hydroxyl groups excluding tert-OH is 1. The summed E-state index contributed by atoms with van der Waals surface area (Å²) in [5.41, 5.74) is 0.659. The van der Waals surface area contributed by atoms with E-state index in [1.165, 1.54) is 0 Å². The molecule has 36 heavy (non-hydrogen) atoms. The number of alkyl carbamates (subject to hydrolysis) is 2. The summed E-state index contributed by atoms with van der Waals surface area (Å²) in [7, 11) is 0. The highest BCUT2D eigenvalue weighted by Gasteiger charge is 2.10. The molecule has 0 fully saturated rings. The number of amides is 2. The summed E-state index contributed by atoms with van der Waals surface area (Å²) >= 11 is 0. The maximum absolute atomic E-state index is 11.7. The lowest BCUT2D eigenvalue weighted by atomic mass is 10.2. The lowest BCUT2D eigenvalue weighted by Crippen LogP contribution is -2.31. The molecule has 1 rings (SSSR count). The first kappa shape index (κ1) is 30.0. The number of carbonyl (C=O) groups is 4. The monoisotopic (exact) mass is 508 g/mol. The van der Waals surface area contributed by atoms with Gasteiger partial charge < -0.3 is 39.4 Å². The predicted octanol–water partition coefficient (Wildman–Crippen LogP) is 1.62. The fraction of sp³-hybridized carbons (Fsp3) is 0.417. The zero-order valence-corrected chi connectivity index (χ0v) is 19.9. The summed E-state index contributed by atoms with van der Waals surface area (Å²) < 4.78 is 25.1. The average molecular weight is 509 g/mol. The van der Waals surface area contributed by atoms with Crippen molar-refractivity contribution in [1.29, 1.82) is 0 Å². The Kier molecular flexibility index (Phi) is 15.2. The van der Waals surface area contributed by atoms with Crippen molar-refractivity contribution < 1.29 is 48.0 Å². The van der Waals surface area contributed by atoms with Crippen molar-refractivity contribution in [3.8, 4) is 5.75 Å². The van der Waals surface area contributed by atoms with Gasteiger partial charge in [-0.2, -0.15) is 0 Å². The number of hydrogen-bond acceptors (Lipinski definition) is 10. The van der Waals surface area contributed by atoms with Crippen molar-refractivity contribution in [1.82, 2.24) is 10.6 Å². The van der Waals surface area contributed by atoms with E-state index in [-0.39, 0.29) is 46.1 Å². The van der Waals surface area contributed by atoms with Gasteiger partial charge in [0.2, 0.25) is 0 Å². The highest BCUT2D eigenvalue weighted by molar-refractivity contribution is 5.81. The van der Waals surface area contributed by atoms with Crippen molar-refractivity contribution in [2.24, 2.45) is 0 Å². The number of esters is 2. The molecule has 3 N–H and O–H groups in total. The minimum Gasteiger partial charge on any atom is -0.491 e. The van der Waals surface area contributed by atoms with Crippen LogP contribution >= 0.6 is 0 Å². The molecule has 0 saturated carbocycles. The van der Waals surface area contributed by atoms with Crippen LogP contribution in [0.2, 0.25) is 0 Å². The van der Waals surface area contributed by atoms with Crippen LogP contribution in [0.15, 0.2) is 49.6 Å². The SMILES string of the molecule is C=CC(=O)OCCCNC(=O)OCc1cccc(OCC(O)COC(=O)NCCCOC(=O)C=C)c1. The topological polar surface area (TPSA) is 159 Å². The third-order valence-electron chi connectivity index (χ3n) is 4.12. The van der Waals surface area contributed by atoms with Gasteiger partial charge in [-0.15, -0.1) is 0 Å². The number of ether oxygens (including phenoxy) is 5. The van der Waals surface area contributed by atoms with Crippen LogP contribution in [0.3, 0.4) is 0 Å². The molecule has 198 valence electrons. The van der Waals surface area contributed by atoms with E-state index in [2.05, 4.69) is 23.8 Å². The molecule has 0 aliphatic carbocycles. The van der Waals surface area contributed by atoms with Crippen LogP contribution in [0.1, 0.15) is 18.4 Å². The van der Waals surface area contributed by atoms with Gasteiger partial charge in [-0.05, 0) is 30.5 Å². The molecular formula is C24H32N2O10. The molecule has 0 spiro atoms. The van der Waals surface area contributed by atoms with E-state index >= 15 is 0 Å². The quantitative estimate of drug-likeness (QED) is 0.122. The molecule has 0 saturated heterocycles. The molecule has 0 radical (unpaired) electrons. The van der Waals surface area contributed by atoms with Crippen molar-refractivity contribution in [3.05, 3.63) is 55.1 Å². The Bertz CT molecular complexity index is 874. The van der Waals surface area contributed by atoms with Crippen LogP contribution in [-0.2, 0) is 35.1 Å². The van der Waals surface area contributed by atoms with Crippen LogP contribution in [0, 0.1) is 0 Å². The predicted molar refractivity (Wildman–Crippen MR) is 127 cm³/mol. The van der Waals surface area contributed by atoms with Gasteiger partial charge in [0, 0.05) is 25.2 Å². The highest BCUT2D eigenvalue weighted by atomic mass is 16.6. The molecule has 1 aromatic carbocycles. The molecule has 12 heteroatoms. The van der Waals surface area contributed by atoms with E-state index in [0.717, 1.165) is 12.2 Å². The second-order valence-electron chi connectivity index (χ2n) is 7.09. The van der Waals surface area contributed by atoms with E-state index in [0.29, 0.717) is 24.2 Å². The Morgan fingerprint density at radius 3 is 2.03 bits per heavy atom. The maximum atomic E-state index is 11.7. The van der Waals surface area contributed by atoms with Crippen molar-refractivity contribution in [3.63, 3.8) is 0 Å². The Hall–Kier alpha value is -4.06. The summed E-state index contributed by atoms with van der Waals surface area (Å²) in [4.78, 5) is 45.1. The third kappa shape index (κ3) is 15.0. The first-order chi connectivity index (χ1) is 17.3. The fourth-order valence-corrected chi connectivity index (χ4v) is 2.38. The van der Waals surface area contributed by atoms with Crippen LogP contribution in [-0.4, -0.2) is 74.9 Å². The van der Waals surface area contributed by atoms with Gasteiger partial charge in [0.1, 0.15) is 31.7 Å². The zero-order chi connectivity index (χ0) is 26.6. The first-order valence-corrected chi connectivity index (χ1v) is 11.1. The van der Waals surface area contributed by atoms with E-state index in [9.17, 15) is 24.3 Å². The van der Waals surface area contributed by atoms with Crippen molar-refractivity contribution in [2.45, 2.75) is 25.6 Å². The molecular weight excluding hydrogens is 476 g/mol. The molecule has 12 nitrogen and oxygen atoms in total. The van der Waals surface area contributed by atoms with Gasteiger partial charge in [0.25, 0.3) is 0 Å². The first-order valence-electron chi connectivity index (χ1n) is 11.1. The lowest BCUT2D eigenvalue weighted by Gasteiger charge is -2.14. The summed E-state index contributed by atoms with van der Waals surface area (Å²) in [5.74, 6) is -0.637. The van der Waals surface area contributed by atoms with Gasteiger partial charge in [-0.3, -0.25) is 0 Å². The summed E-state index contributed by atoms with van der Waals surface area (Å²) in [6.45, 7) is 6.92. The highest BCUT2D eigenvalue weighted by Crippen LogP contribution is 2.14. The van der Waals surface area contributed by atoms with Crippen molar-refractivity contribution >= 4 is 24.1 Å². The Morgan fingerprint density at radius 1 is 0.861 bits per heavy atom. The number of carbonyl (C=O) groups excluding carboxylic acids is 4. The van der Waals surface area contributed by atoms with Gasteiger partial charge in [-0.25, -0.2) is 19.2 Å². The molecule has 0 aromatic heterocycles. The summed E-state index contributed by atoms with van der Waals surface area (Å²) in [6, 6.07) is 6.73. The summed E-state index contributed by atoms with van der Waals surface area (Å²) in [6.07, 6.45) is 0.519. The number of rotatable bonds is 17. The molecule has 1 atom stereocenters. The van der Waals surface area contributed by atoms with E-state index in [1.54, 1.807) is 24.3 Å². The minimum absolute atomic E-state index is 0.00684. The molecule has 2 amide bonds. The van der Waals surface area contributed by atoms with Crippen molar-refractivity contribution in [2.75, 3.05) is 39.5 Å². The number of nitrogens with one attached hydrogen (secondary N) is 2. The van der Waals surface area contributed by atoms with E-state index in [4.69, 9.17) is 23.7 Å². The third-order valence-corrected chi connectivity index (χ3v) is 4.12. The molecule has 0 heterocycles. The average Bonchev–Trinajstić information content (AvgIpc) is 2.88. The standard InChI is InChI=1S/C24H32N2O10/c1-3-21(28)32-12-6-10-25-23(30)35-15-18-8-5-9-20(14-18)34-16-19(27)17-36-24(31)26-11-7-13-33-22(29)4-2/h3-5,8-9,14,19,27H,1-2,6-7,10-13,15-17H2,(H,25,30)(H,26,31). The number of hydrogen-bond donors (Lipinski definition) is 3. The number of aliphatic hydroxyl groups is 1. The maximum Gasteiger partial charge on any atom is 0.407 e. The van der Waals surface area contributed by atoms with Crippen LogP contribution in [0.25, 0.3) is 0 Å². The summed E-state index contributed by atoms with van der Waals surface area (Å²) in [5, 5.41) is 15.0. The Morgan fingerprint density at radius 2 is 1.44 bits per heavy atom. The zero-order valence-electron chi connectivity index (χ0n) is 19.9. The largest absolute Gasteiger partial charge is 0.491 e. The fourth-order valence-electron chi connectivity index (χ4n) is 2.38. The van der Waals surface area contributed by atoms with Gasteiger partial charge in [-0.1, -0.05) is 25.3 Å². The smallest absolute Gasteiger partial charge is 0.407 e. The van der Waals surface area contributed by atoms with Crippen LogP contribution in [0.5, 0.6) is 5.75 Å². The molecule has 0 bridgehead atoms. The van der Waals surface area contributed by atoms with Crippen LogP contribution in [0.4, 0.5) is 9.59 Å². The van der Waals surface area contributed by atoms with E-state index in [1.807, 2.05) is 0 Å². The normalized spacial score (nSPS) is 10.8. The molecule has 0 aliphatic rings. The molecule has 0 aliphatic heterocycles. The van der Waals surface area contributed by atoms with Gasteiger partial charge >= 0.3 is 24.1 Å². The Balaban J connectivity index is 2.20. The van der Waals surface area contributed by atoms with Gasteiger partial charge in [0.15, 0.2) is 0 Å². The van der Waals surface area contributed by atoms with Gasteiger partial charge in [0.05, 0.1) is 13.2 Å². The second kappa shape index (κ2) is 18.3. The van der Waals surface area contributed by atoms with Crippen LogP contribution < -0.4 is 15.4 Å². The molecule has 1 unspecified atom stereocenters. The second-order valence-corrected chi connectivity index (χ2v) is 7.09. The minimum atomic E-state index is -1.07.